The van der Waals surface area contributed by atoms with Gasteiger partial charge in [0.15, 0.2) is 0 Å². The minimum atomic E-state index is 0.255. The van der Waals surface area contributed by atoms with E-state index in [1.54, 1.807) is 13.2 Å². The molecule has 106 valence electrons. The van der Waals surface area contributed by atoms with E-state index in [-0.39, 0.29) is 6.01 Å². The number of hydrogen-bond donors (Lipinski definition) is 0. The summed E-state index contributed by atoms with van der Waals surface area (Å²) >= 11 is 3.43. The number of ether oxygens (including phenoxy) is 2. The standard InChI is InChI=1S/C14H16BrN3O2/c1-4-11-12(5-2)17-18-14(16-11)20-13-7-6-9(19-3)8-10(13)15/h6-8H,4-5H2,1-3H3. The van der Waals surface area contributed by atoms with E-state index in [9.17, 15) is 0 Å². The van der Waals surface area contributed by atoms with Crippen LogP contribution in [0.5, 0.6) is 17.5 Å². The molecule has 6 heteroatoms. The average molecular weight is 338 g/mol. The molecule has 0 saturated carbocycles. The third-order valence-corrected chi connectivity index (χ3v) is 3.45. The molecule has 0 aliphatic rings. The van der Waals surface area contributed by atoms with Crippen molar-refractivity contribution in [2.75, 3.05) is 7.11 Å². The van der Waals surface area contributed by atoms with Crippen molar-refractivity contribution in [3.8, 4) is 17.5 Å². The number of rotatable bonds is 5. The lowest BCUT2D eigenvalue weighted by Gasteiger charge is -2.09. The summed E-state index contributed by atoms with van der Waals surface area (Å²) in [6.07, 6.45) is 1.62. The van der Waals surface area contributed by atoms with Crippen LogP contribution >= 0.6 is 15.9 Å². The normalized spacial score (nSPS) is 10.4. The Balaban J connectivity index is 2.25. The summed E-state index contributed by atoms with van der Waals surface area (Å²) in [5.74, 6) is 1.37. The summed E-state index contributed by atoms with van der Waals surface area (Å²) in [4.78, 5) is 4.39. The van der Waals surface area contributed by atoms with Gasteiger partial charge in [0.1, 0.15) is 11.5 Å². The van der Waals surface area contributed by atoms with Crippen LogP contribution < -0.4 is 9.47 Å². The Morgan fingerprint density at radius 1 is 1.10 bits per heavy atom. The number of benzene rings is 1. The zero-order valence-electron chi connectivity index (χ0n) is 11.7. The summed E-state index contributed by atoms with van der Waals surface area (Å²) in [7, 11) is 1.62. The highest BCUT2D eigenvalue weighted by molar-refractivity contribution is 9.10. The first-order chi connectivity index (χ1) is 9.67. The van der Waals surface area contributed by atoms with E-state index >= 15 is 0 Å². The molecule has 1 aromatic heterocycles. The summed E-state index contributed by atoms with van der Waals surface area (Å²) in [5, 5.41) is 8.15. The monoisotopic (exact) mass is 337 g/mol. The Morgan fingerprint density at radius 3 is 2.45 bits per heavy atom. The fourth-order valence-electron chi connectivity index (χ4n) is 1.75. The lowest BCUT2D eigenvalue weighted by molar-refractivity contribution is 0.407. The molecule has 0 radical (unpaired) electrons. The van der Waals surface area contributed by atoms with E-state index in [1.165, 1.54) is 0 Å². The van der Waals surface area contributed by atoms with E-state index in [2.05, 4.69) is 31.1 Å². The third kappa shape index (κ3) is 3.25. The second kappa shape index (κ2) is 6.65. The van der Waals surface area contributed by atoms with E-state index in [0.29, 0.717) is 5.75 Å². The van der Waals surface area contributed by atoms with Crippen LogP contribution in [0.4, 0.5) is 0 Å². The molecule has 0 spiro atoms. The Labute approximate surface area is 126 Å². The maximum atomic E-state index is 5.66. The highest BCUT2D eigenvalue weighted by atomic mass is 79.9. The van der Waals surface area contributed by atoms with Gasteiger partial charge in [0.25, 0.3) is 0 Å². The number of nitrogens with zero attached hydrogens (tertiary/aromatic N) is 3. The molecule has 0 amide bonds. The van der Waals surface area contributed by atoms with Crippen molar-refractivity contribution in [3.63, 3.8) is 0 Å². The van der Waals surface area contributed by atoms with Crippen molar-refractivity contribution < 1.29 is 9.47 Å². The molecule has 1 aromatic carbocycles. The Hall–Kier alpha value is -1.69. The molecular weight excluding hydrogens is 322 g/mol. The molecule has 0 saturated heterocycles. The van der Waals surface area contributed by atoms with Gasteiger partial charge < -0.3 is 9.47 Å². The van der Waals surface area contributed by atoms with Crippen LogP contribution in [0.25, 0.3) is 0 Å². The SMILES string of the molecule is CCc1nnc(Oc2ccc(OC)cc2Br)nc1CC. The van der Waals surface area contributed by atoms with Crippen LogP contribution in [-0.2, 0) is 12.8 Å². The molecule has 5 nitrogen and oxygen atoms in total. The Morgan fingerprint density at radius 2 is 1.85 bits per heavy atom. The number of aromatic nitrogens is 3. The third-order valence-electron chi connectivity index (χ3n) is 2.83. The van der Waals surface area contributed by atoms with Crippen molar-refractivity contribution in [2.45, 2.75) is 26.7 Å². The maximum Gasteiger partial charge on any atom is 0.341 e. The van der Waals surface area contributed by atoms with Gasteiger partial charge in [0.05, 0.1) is 23.0 Å². The number of hydrogen-bond acceptors (Lipinski definition) is 5. The van der Waals surface area contributed by atoms with Gasteiger partial charge in [-0.3, -0.25) is 0 Å². The Bertz CT molecular complexity index is 605. The van der Waals surface area contributed by atoms with Crippen LogP contribution in [-0.4, -0.2) is 22.3 Å². The topological polar surface area (TPSA) is 57.1 Å². The van der Waals surface area contributed by atoms with Gasteiger partial charge >= 0.3 is 6.01 Å². The fraction of sp³-hybridized carbons (Fsp3) is 0.357. The first kappa shape index (κ1) is 14.7. The van der Waals surface area contributed by atoms with Gasteiger partial charge in [0, 0.05) is 0 Å². The van der Waals surface area contributed by atoms with Crippen LogP contribution in [0.2, 0.25) is 0 Å². The summed E-state index contributed by atoms with van der Waals surface area (Å²) in [5.41, 5.74) is 1.83. The van der Waals surface area contributed by atoms with Crippen molar-refractivity contribution in [2.24, 2.45) is 0 Å². The highest BCUT2D eigenvalue weighted by Gasteiger charge is 2.10. The average Bonchev–Trinajstić information content (AvgIpc) is 2.49. The van der Waals surface area contributed by atoms with Gasteiger partial charge in [-0.2, -0.15) is 4.98 Å². The van der Waals surface area contributed by atoms with Crippen LogP contribution in [0.15, 0.2) is 22.7 Å². The zero-order valence-corrected chi connectivity index (χ0v) is 13.3. The van der Waals surface area contributed by atoms with Crippen molar-refractivity contribution in [1.29, 1.82) is 0 Å². The molecule has 0 unspecified atom stereocenters. The van der Waals surface area contributed by atoms with Crippen molar-refractivity contribution in [1.82, 2.24) is 15.2 Å². The highest BCUT2D eigenvalue weighted by Crippen LogP contribution is 2.31. The largest absolute Gasteiger partial charge is 0.497 e. The number of halogens is 1. The summed E-state index contributed by atoms with van der Waals surface area (Å²) in [6.45, 7) is 4.07. The minimum absolute atomic E-state index is 0.255. The Kier molecular flexibility index (Phi) is 4.89. The van der Waals surface area contributed by atoms with Gasteiger partial charge in [-0.25, -0.2) is 0 Å². The van der Waals surface area contributed by atoms with Crippen molar-refractivity contribution in [3.05, 3.63) is 34.1 Å². The van der Waals surface area contributed by atoms with E-state index in [4.69, 9.17) is 9.47 Å². The smallest absolute Gasteiger partial charge is 0.341 e. The van der Waals surface area contributed by atoms with E-state index in [1.807, 2.05) is 26.0 Å². The predicted octanol–water partition coefficient (Wildman–Crippen LogP) is 3.56. The molecule has 0 fully saturated rings. The molecule has 0 N–H and O–H groups in total. The van der Waals surface area contributed by atoms with Gasteiger partial charge in [-0.05, 0) is 47.0 Å². The molecule has 1 heterocycles. The first-order valence-electron chi connectivity index (χ1n) is 6.41. The summed E-state index contributed by atoms with van der Waals surface area (Å²) in [6, 6.07) is 5.69. The lowest BCUT2D eigenvalue weighted by atomic mass is 10.2. The molecule has 0 aliphatic heterocycles. The molecule has 0 atom stereocenters. The lowest BCUT2D eigenvalue weighted by Crippen LogP contribution is -2.04. The molecule has 2 aromatic rings. The van der Waals surface area contributed by atoms with Crippen LogP contribution in [0, 0.1) is 0 Å². The van der Waals surface area contributed by atoms with Gasteiger partial charge in [0.2, 0.25) is 0 Å². The van der Waals surface area contributed by atoms with Crippen LogP contribution in [0.1, 0.15) is 25.2 Å². The minimum Gasteiger partial charge on any atom is -0.497 e. The number of methoxy groups -OCH3 is 1. The first-order valence-corrected chi connectivity index (χ1v) is 7.21. The van der Waals surface area contributed by atoms with Gasteiger partial charge in [-0.15, -0.1) is 5.10 Å². The van der Waals surface area contributed by atoms with Gasteiger partial charge in [-0.1, -0.05) is 18.9 Å². The zero-order chi connectivity index (χ0) is 14.5. The predicted molar refractivity (Wildman–Crippen MR) is 79.4 cm³/mol. The second-order valence-electron chi connectivity index (χ2n) is 4.09. The quantitative estimate of drug-likeness (QED) is 0.834. The summed E-state index contributed by atoms with van der Waals surface area (Å²) < 4.78 is 11.6. The maximum absolute atomic E-state index is 5.66. The van der Waals surface area contributed by atoms with Crippen LogP contribution in [0.3, 0.4) is 0 Å². The molecule has 2 rings (SSSR count). The molecule has 0 bridgehead atoms. The van der Waals surface area contributed by atoms with E-state index in [0.717, 1.165) is 34.5 Å². The fourth-order valence-corrected chi connectivity index (χ4v) is 2.19. The molecular formula is C14H16BrN3O2. The molecule has 0 aliphatic carbocycles. The molecule has 20 heavy (non-hydrogen) atoms. The number of aryl methyl sites for hydroxylation is 2. The second-order valence-corrected chi connectivity index (χ2v) is 4.95. The van der Waals surface area contributed by atoms with E-state index < -0.39 is 0 Å². The van der Waals surface area contributed by atoms with Crippen molar-refractivity contribution >= 4 is 15.9 Å².